The van der Waals surface area contributed by atoms with Gasteiger partial charge in [-0.25, -0.2) is 9.67 Å². The number of ether oxygens (including phenoxy) is 1. The maximum absolute atomic E-state index is 9.91. The van der Waals surface area contributed by atoms with E-state index in [-0.39, 0.29) is 13.0 Å². The SMILES string of the molecule is OCCC(O)C(O)C(O)C(O)CCCCCOCc1cn(Cc2cnc[nH]2)nn1. The number of unbranched alkanes of at least 4 members (excludes halogenated alkanes) is 2. The van der Waals surface area contributed by atoms with Gasteiger partial charge in [-0.05, 0) is 19.3 Å². The van der Waals surface area contributed by atoms with Crippen molar-refractivity contribution in [3.8, 4) is 0 Å². The number of hydrogen-bond acceptors (Lipinski definition) is 9. The first kappa shape index (κ1) is 23.4. The van der Waals surface area contributed by atoms with E-state index in [9.17, 15) is 20.4 Å². The van der Waals surface area contributed by atoms with Gasteiger partial charge in [0.15, 0.2) is 0 Å². The summed E-state index contributed by atoms with van der Waals surface area (Å²) in [7, 11) is 0. The standard InChI is InChI=1S/C18H31N5O6/c24-6-5-16(26)18(28)17(27)15(25)4-2-1-3-7-29-11-14-10-23(22-21-14)9-13-8-19-12-20-13/h8,10,12,15-18,24-28H,1-7,9,11H2,(H,19,20). The summed E-state index contributed by atoms with van der Waals surface area (Å²) in [4.78, 5) is 6.95. The molecule has 0 aromatic carbocycles. The summed E-state index contributed by atoms with van der Waals surface area (Å²) in [5, 5.41) is 55.9. The van der Waals surface area contributed by atoms with Gasteiger partial charge in [-0.3, -0.25) is 0 Å². The molecule has 164 valence electrons. The fourth-order valence-electron chi connectivity index (χ4n) is 2.87. The van der Waals surface area contributed by atoms with Crippen LogP contribution in [0.15, 0.2) is 18.7 Å². The highest BCUT2D eigenvalue weighted by Gasteiger charge is 2.29. The van der Waals surface area contributed by atoms with Crippen LogP contribution in [-0.2, 0) is 17.9 Å². The monoisotopic (exact) mass is 413 g/mol. The first-order valence-electron chi connectivity index (χ1n) is 9.78. The molecule has 0 saturated carbocycles. The number of rotatable bonds is 15. The zero-order valence-electron chi connectivity index (χ0n) is 16.3. The first-order chi connectivity index (χ1) is 14.0. The van der Waals surface area contributed by atoms with E-state index in [2.05, 4.69) is 20.3 Å². The molecule has 6 N–H and O–H groups in total. The highest BCUT2D eigenvalue weighted by Crippen LogP contribution is 2.13. The maximum Gasteiger partial charge on any atom is 0.108 e. The van der Waals surface area contributed by atoms with E-state index in [1.165, 1.54) is 0 Å². The minimum atomic E-state index is -1.48. The Morgan fingerprint density at radius 3 is 2.48 bits per heavy atom. The van der Waals surface area contributed by atoms with Crippen LogP contribution in [0.2, 0.25) is 0 Å². The van der Waals surface area contributed by atoms with Gasteiger partial charge in [-0.15, -0.1) is 5.10 Å². The average Bonchev–Trinajstić information content (AvgIpc) is 3.38. The van der Waals surface area contributed by atoms with Crippen molar-refractivity contribution in [3.63, 3.8) is 0 Å². The van der Waals surface area contributed by atoms with Gasteiger partial charge in [0.05, 0.1) is 43.6 Å². The molecule has 29 heavy (non-hydrogen) atoms. The molecular weight excluding hydrogens is 382 g/mol. The van der Waals surface area contributed by atoms with Crippen LogP contribution in [0.25, 0.3) is 0 Å². The van der Waals surface area contributed by atoms with Crippen molar-refractivity contribution in [2.24, 2.45) is 0 Å². The Kier molecular flexibility index (Phi) is 10.2. The molecule has 4 unspecified atom stereocenters. The van der Waals surface area contributed by atoms with Crippen molar-refractivity contribution in [2.45, 2.75) is 69.7 Å². The van der Waals surface area contributed by atoms with Crippen molar-refractivity contribution < 1.29 is 30.3 Å². The highest BCUT2D eigenvalue weighted by molar-refractivity contribution is 4.97. The predicted molar refractivity (Wildman–Crippen MR) is 102 cm³/mol. The van der Waals surface area contributed by atoms with E-state index in [4.69, 9.17) is 9.84 Å². The minimum Gasteiger partial charge on any atom is -0.396 e. The Bertz CT molecular complexity index is 668. The van der Waals surface area contributed by atoms with E-state index in [0.717, 1.165) is 24.2 Å². The second-order valence-corrected chi connectivity index (χ2v) is 7.01. The largest absolute Gasteiger partial charge is 0.396 e. The number of aromatic amines is 1. The van der Waals surface area contributed by atoms with Gasteiger partial charge in [0, 0.05) is 19.4 Å². The van der Waals surface area contributed by atoms with Gasteiger partial charge in [0.1, 0.15) is 17.9 Å². The highest BCUT2D eigenvalue weighted by atomic mass is 16.5. The van der Waals surface area contributed by atoms with Gasteiger partial charge in [-0.2, -0.15) is 0 Å². The van der Waals surface area contributed by atoms with E-state index in [0.29, 0.717) is 32.6 Å². The number of nitrogens with zero attached hydrogens (tertiary/aromatic N) is 4. The van der Waals surface area contributed by atoms with Crippen LogP contribution in [0.1, 0.15) is 43.5 Å². The molecule has 0 aliphatic rings. The molecule has 11 nitrogen and oxygen atoms in total. The molecule has 2 aromatic rings. The lowest BCUT2D eigenvalue weighted by atomic mass is 9.97. The Morgan fingerprint density at radius 1 is 1.03 bits per heavy atom. The molecule has 2 heterocycles. The molecule has 11 heteroatoms. The number of imidazole rings is 1. The topological polar surface area (TPSA) is 170 Å². The van der Waals surface area contributed by atoms with Gasteiger partial charge in [-0.1, -0.05) is 18.1 Å². The van der Waals surface area contributed by atoms with Crippen LogP contribution in [0.4, 0.5) is 0 Å². The van der Waals surface area contributed by atoms with E-state index in [1.54, 1.807) is 17.2 Å². The number of nitrogens with one attached hydrogen (secondary N) is 1. The second kappa shape index (κ2) is 12.6. The van der Waals surface area contributed by atoms with Gasteiger partial charge >= 0.3 is 0 Å². The van der Waals surface area contributed by atoms with Crippen LogP contribution < -0.4 is 0 Å². The van der Waals surface area contributed by atoms with Crippen molar-refractivity contribution in [1.29, 1.82) is 0 Å². The summed E-state index contributed by atoms with van der Waals surface area (Å²) in [6.07, 6.45) is 2.26. The first-order valence-corrected chi connectivity index (χ1v) is 9.78. The lowest BCUT2D eigenvalue weighted by Gasteiger charge is -2.26. The Hall–Kier alpha value is -1.89. The summed E-state index contributed by atoms with van der Waals surface area (Å²) < 4.78 is 7.27. The van der Waals surface area contributed by atoms with Crippen LogP contribution >= 0.6 is 0 Å². The van der Waals surface area contributed by atoms with Gasteiger partial charge in [0.25, 0.3) is 0 Å². The number of hydrogen-bond donors (Lipinski definition) is 6. The molecule has 0 bridgehead atoms. The van der Waals surface area contributed by atoms with Crippen LogP contribution in [0, 0.1) is 0 Å². The fourth-order valence-corrected chi connectivity index (χ4v) is 2.87. The Balaban J connectivity index is 1.53. The minimum absolute atomic E-state index is 0.0563. The molecule has 0 spiro atoms. The normalized spacial score (nSPS) is 15.9. The Morgan fingerprint density at radius 2 is 1.79 bits per heavy atom. The van der Waals surface area contributed by atoms with E-state index in [1.807, 2.05) is 6.20 Å². The summed E-state index contributed by atoms with van der Waals surface area (Å²) in [6.45, 7) is 1.15. The van der Waals surface area contributed by atoms with E-state index < -0.39 is 24.4 Å². The number of aliphatic hydroxyl groups excluding tert-OH is 5. The van der Waals surface area contributed by atoms with Crippen LogP contribution in [-0.4, -0.2) is 88.1 Å². The maximum atomic E-state index is 9.91. The van der Waals surface area contributed by atoms with Crippen LogP contribution in [0.5, 0.6) is 0 Å². The number of aromatic nitrogens is 5. The van der Waals surface area contributed by atoms with Crippen molar-refractivity contribution in [2.75, 3.05) is 13.2 Å². The third-order valence-electron chi connectivity index (χ3n) is 4.58. The quantitative estimate of drug-likeness (QED) is 0.199. The second-order valence-electron chi connectivity index (χ2n) is 7.01. The molecule has 0 amide bonds. The van der Waals surface area contributed by atoms with Crippen LogP contribution in [0.3, 0.4) is 0 Å². The molecule has 0 aliphatic carbocycles. The van der Waals surface area contributed by atoms with Gasteiger partial charge < -0.3 is 35.3 Å². The molecule has 0 saturated heterocycles. The zero-order chi connectivity index (χ0) is 21.1. The molecular formula is C18H31N5O6. The third-order valence-corrected chi connectivity index (χ3v) is 4.58. The average molecular weight is 413 g/mol. The lowest BCUT2D eigenvalue weighted by Crippen LogP contribution is -2.44. The lowest BCUT2D eigenvalue weighted by molar-refractivity contribution is -0.110. The Labute approximate surface area is 169 Å². The summed E-state index contributed by atoms with van der Waals surface area (Å²) in [6, 6.07) is 0. The smallest absolute Gasteiger partial charge is 0.108 e. The molecule has 4 atom stereocenters. The fraction of sp³-hybridized carbons (Fsp3) is 0.722. The molecule has 0 fully saturated rings. The third kappa shape index (κ3) is 8.17. The summed E-state index contributed by atoms with van der Waals surface area (Å²) in [5.41, 5.74) is 1.67. The number of aliphatic hydroxyl groups is 5. The number of H-pyrrole nitrogens is 1. The zero-order valence-corrected chi connectivity index (χ0v) is 16.3. The van der Waals surface area contributed by atoms with Crippen molar-refractivity contribution >= 4 is 0 Å². The summed E-state index contributed by atoms with van der Waals surface area (Å²) >= 11 is 0. The van der Waals surface area contributed by atoms with Crippen molar-refractivity contribution in [3.05, 3.63) is 30.1 Å². The molecule has 2 aromatic heterocycles. The summed E-state index contributed by atoms with van der Waals surface area (Å²) in [5.74, 6) is 0. The molecule has 2 rings (SSSR count). The van der Waals surface area contributed by atoms with Gasteiger partial charge in [0.2, 0.25) is 0 Å². The van der Waals surface area contributed by atoms with Crippen molar-refractivity contribution in [1.82, 2.24) is 25.0 Å². The molecule has 0 aliphatic heterocycles. The molecule has 0 radical (unpaired) electrons. The predicted octanol–water partition coefficient (Wildman–Crippen LogP) is -1.05. The van der Waals surface area contributed by atoms with E-state index >= 15 is 0 Å².